The number of carbonyl (C=O) groups is 1. The van der Waals surface area contributed by atoms with Gasteiger partial charge in [-0.1, -0.05) is 12.1 Å². The van der Waals surface area contributed by atoms with Gasteiger partial charge in [0.1, 0.15) is 5.75 Å². The molecule has 0 unspecified atom stereocenters. The number of hydrogen-bond acceptors (Lipinski definition) is 2. The molecule has 16 heavy (non-hydrogen) atoms. The summed E-state index contributed by atoms with van der Waals surface area (Å²) in [5.74, 6) is 0.338. The second kappa shape index (κ2) is 4.23. The van der Waals surface area contributed by atoms with Crippen LogP contribution >= 0.6 is 0 Å². The van der Waals surface area contributed by atoms with E-state index in [4.69, 9.17) is 5.11 Å². The van der Waals surface area contributed by atoms with Gasteiger partial charge in [-0.3, -0.25) is 4.79 Å². The fourth-order valence-electron chi connectivity index (χ4n) is 1.56. The summed E-state index contributed by atoms with van der Waals surface area (Å²) in [6, 6.07) is 8.85. The molecule has 0 aliphatic heterocycles. The Hall–Kier alpha value is -2.03. The van der Waals surface area contributed by atoms with Crippen molar-refractivity contribution in [2.75, 3.05) is 0 Å². The molecular formula is C13H13NO2. The van der Waals surface area contributed by atoms with Gasteiger partial charge in [-0.15, -0.1) is 0 Å². The Bertz CT molecular complexity index is 497. The maximum atomic E-state index is 11.1. The van der Waals surface area contributed by atoms with E-state index in [1.807, 2.05) is 35.2 Å². The number of benzene rings is 1. The summed E-state index contributed by atoms with van der Waals surface area (Å²) >= 11 is 0. The van der Waals surface area contributed by atoms with E-state index in [-0.39, 0.29) is 11.5 Å². The highest BCUT2D eigenvalue weighted by Gasteiger charge is 2.01. The van der Waals surface area contributed by atoms with Crippen molar-refractivity contribution < 1.29 is 9.90 Å². The van der Waals surface area contributed by atoms with E-state index in [0.29, 0.717) is 6.54 Å². The quantitative estimate of drug-likeness (QED) is 0.799. The van der Waals surface area contributed by atoms with Crippen LogP contribution in [0.5, 0.6) is 5.75 Å². The van der Waals surface area contributed by atoms with Crippen molar-refractivity contribution in [2.24, 2.45) is 0 Å². The zero-order valence-corrected chi connectivity index (χ0v) is 9.05. The SMILES string of the molecule is CC(=O)c1ccn(Cc2ccc(O)cc2)c1. The van der Waals surface area contributed by atoms with Gasteiger partial charge in [0.05, 0.1) is 0 Å². The first-order chi connectivity index (χ1) is 7.65. The number of ketones is 1. The Labute approximate surface area is 94.0 Å². The number of aromatic nitrogens is 1. The van der Waals surface area contributed by atoms with Crippen molar-refractivity contribution in [2.45, 2.75) is 13.5 Å². The van der Waals surface area contributed by atoms with Crippen molar-refractivity contribution in [3.05, 3.63) is 53.9 Å². The third-order valence-electron chi connectivity index (χ3n) is 2.46. The molecule has 0 aliphatic rings. The van der Waals surface area contributed by atoms with E-state index >= 15 is 0 Å². The molecule has 0 atom stereocenters. The molecule has 0 saturated carbocycles. The number of aromatic hydroxyl groups is 1. The van der Waals surface area contributed by atoms with Crippen LogP contribution in [0.2, 0.25) is 0 Å². The van der Waals surface area contributed by atoms with E-state index in [9.17, 15) is 4.79 Å². The van der Waals surface area contributed by atoms with Crippen LogP contribution in [0.25, 0.3) is 0 Å². The molecule has 0 spiro atoms. The Morgan fingerprint density at radius 1 is 1.25 bits per heavy atom. The Morgan fingerprint density at radius 2 is 1.94 bits per heavy atom. The van der Waals surface area contributed by atoms with Gasteiger partial charge in [-0.2, -0.15) is 0 Å². The lowest BCUT2D eigenvalue weighted by atomic mass is 10.2. The summed E-state index contributed by atoms with van der Waals surface area (Å²) in [6.45, 7) is 2.26. The van der Waals surface area contributed by atoms with Crippen LogP contribution in [-0.2, 0) is 6.54 Å². The van der Waals surface area contributed by atoms with E-state index in [1.165, 1.54) is 0 Å². The fourth-order valence-corrected chi connectivity index (χ4v) is 1.56. The second-order valence-corrected chi connectivity index (χ2v) is 3.80. The first-order valence-electron chi connectivity index (χ1n) is 5.10. The maximum Gasteiger partial charge on any atom is 0.161 e. The standard InChI is InChI=1S/C13H13NO2/c1-10(15)12-6-7-14(9-12)8-11-2-4-13(16)5-3-11/h2-7,9,16H,8H2,1H3. The highest BCUT2D eigenvalue weighted by Crippen LogP contribution is 2.11. The lowest BCUT2D eigenvalue weighted by molar-refractivity contribution is 0.101. The Kier molecular flexibility index (Phi) is 2.77. The van der Waals surface area contributed by atoms with Crippen molar-refractivity contribution in [1.82, 2.24) is 4.57 Å². The number of phenolic OH excluding ortho intramolecular Hbond substituents is 1. The zero-order chi connectivity index (χ0) is 11.5. The molecule has 2 rings (SSSR count). The number of Topliss-reactive ketones (excluding diaryl/α,β-unsaturated/α-hetero) is 1. The summed E-state index contributed by atoms with van der Waals surface area (Å²) in [7, 11) is 0. The monoisotopic (exact) mass is 215 g/mol. The van der Waals surface area contributed by atoms with Crippen molar-refractivity contribution in [1.29, 1.82) is 0 Å². The molecule has 1 aromatic heterocycles. The number of rotatable bonds is 3. The molecule has 0 radical (unpaired) electrons. The first kappa shape index (κ1) is 10.5. The molecule has 1 N–H and O–H groups in total. The smallest absolute Gasteiger partial charge is 0.161 e. The lowest BCUT2D eigenvalue weighted by Crippen LogP contribution is -1.96. The fraction of sp³-hybridized carbons (Fsp3) is 0.154. The Morgan fingerprint density at radius 3 is 2.50 bits per heavy atom. The molecule has 1 aromatic carbocycles. The number of hydrogen-bond donors (Lipinski definition) is 1. The maximum absolute atomic E-state index is 11.1. The van der Waals surface area contributed by atoms with Gasteiger partial charge in [0.2, 0.25) is 0 Å². The van der Waals surface area contributed by atoms with E-state index < -0.39 is 0 Å². The van der Waals surface area contributed by atoms with Crippen LogP contribution < -0.4 is 0 Å². The van der Waals surface area contributed by atoms with Gasteiger partial charge in [0.25, 0.3) is 0 Å². The molecule has 3 heteroatoms. The van der Waals surface area contributed by atoms with Crippen LogP contribution in [0.3, 0.4) is 0 Å². The molecule has 3 nitrogen and oxygen atoms in total. The third kappa shape index (κ3) is 2.31. The van der Waals surface area contributed by atoms with Crippen molar-refractivity contribution >= 4 is 5.78 Å². The first-order valence-corrected chi connectivity index (χ1v) is 5.10. The van der Waals surface area contributed by atoms with Crippen LogP contribution in [0.15, 0.2) is 42.7 Å². The van der Waals surface area contributed by atoms with Crippen molar-refractivity contribution in [3.63, 3.8) is 0 Å². The molecule has 0 amide bonds. The minimum absolute atomic E-state index is 0.0736. The minimum atomic E-state index is 0.0736. The van der Waals surface area contributed by atoms with Crippen LogP contribution in [0, 0.1) is 0 Å². The third-order valence-corrected chi connectivity index (χ3v) is 2.46. The van der Waals surface area contributed by atoms with Crippen LogP contribution in [-0.4, -0.2) is 15.5 Å². The summed E-state index contributed by atoms with van der Waals surface area (Å²) in [5, 5.41) is 9.15. The molecule has 0 bridgehead atoms. The van der Waals surface area contributed by atoms with Gasteiger partial charge >= 0.3 is 0 Å². The van der Waals surface area contributed by atoms with Crippen LogP contribution in [0.4, 0.5) is 0 Å². The molecule has 0 fully saturated rings. The zero-order valence-electron chi connectivity index (χ0n) is 9.05. The number of carbonyl (C=O) groups excluding carboxylic acids is 1. The molecule has 2 aromatic rings. The van der Waals surface area contributed by atoms with E-state index in [1.54, 1.807) is 19.1 Å². The predicted molar refractivity (Wildman–Crippen MR) is 61.6 cm³/mol. The predicted octanol–water partition coefficient (Wildman–Crippen LogP) is 2.44. The van der Waals surface area contributed by atoms with Gasteiger partial charge in [0, 0.05) is 24.5 Å². The summed E-state index contributed by atoms with van der Waals surface area (Å²) in [4.78, 5) is 11.1. The van der Waals surface area contributed by atoms with Gasteiger partial charge < -0.3 is 9.67 Å². The number of phenols is 1. The van der Waals surface area contributed by atoms with Crippen LogP contribution in [0.1, 0.15) is 22.8 Å². The average Bonchev–Trinajstić information content (AvgIpc) is 2.70. The number of nitrogens with zero attached hydrogens (tertiary/aromatic N) is 1. The Balaban J connectivity index is 2.14. The minimum Gasteiger partial charge on any atom is -0.508 e. The summed E-state index contributed by atoms with van der Waals surface area (Å²) in [6.07, 6.45) is 3.71. The molecule has 0 aliphatic carbocycles. The summed E-state index contributed by atoms with van der Waals surface area (Å²) in [5.41, 5.74) is 1.81. The second-order valence-electron chi connectivity index (χ2n) is 3.80. The molecule has 0 saturated heterocycles. The van der Waals surface area contributed by atoms with Gasteiger partial charge in [0.15, 0.2) is 5.78 Å². The van der Waals surface area contributed by atoms with Crippen molar-refractivity contribution in [3.8, 4) is 5.75 Å². The van der Waals surface area contributed by atoms with E-state index in [2.05, 4.69) is 0 Å². The lowest BCUT2D eigenvalue weighted by Gasteiger charge is -2.02. The highest BCUT2D eigenvalue weighted by atomic mass is 16.3. The topological polar surface area (TPSA) is 42.2 Å². The highest BCUT2D eigenvalue weighted by molar-refractivity contribution is 5.93. The van der Waals surface area contributed by atoms with Gasteiger partial charge in [-0.05, 0) is 30.7 Å². The molecule has 82 valence electrons. The average molecular weight is 215 g/mol. The molecule has 1 heterocycles. The van der Waals surface area contributed by atoms with E-state index in [0.717, 1.165) is 11.1 Å². The van der Waals surface area contributed by atoms with Gasteiger partial charge in [-0.25, -0.2) is 0 Å². The largest absolute Gasteiger partial charge is 0.508 e. The normalized spacial score (nSPS) is 10.3. The summed E-state index contributed by atoms with van der Waals surface area (Å²) < 4.78 is 1.95. The molecular weight excluding hydrogens is 202 g/mol.